The summed E-state index contributed by atoms with van der Waals surface area (Å²) in [4.78, 5) is 12.7. The minimum absolute atomic E-state index is 0.0307. The van der Waals surface area contributed by atoms with Crippen LogP contribution in [0.4, 0.5) is 0 Å². The SMILES string of the molecule is COc1ccc2c(c1)OC(C)(C)C[C@@H]2NC(=O)Cc1cc(C)ccc1C. The maximum absolute atomic E-state index is 12.7. The molecule has 0 spiro atoms. The van der Waals surface area contributed by atoms with Gasteiger partial charge in [-0.1, -0.05) is 23.8 Å². The highest BCUT2D eigenvalue weighted by atomic mass is 16.5. The third kappa shape index (κ3) is 4.01. The third-order valence-electron chi connectivity index (χ3n) is 4.87. The molecule has 138 valence electrons. The van der Waals surface area contributed by atoms with Crippen molar-refractivity contribution in [3.63, 3.8) is 0 Å². The molecule has 0 aliphatic carbocycles. The molecular formula is C22H27NO3. The Hall–Kier alpha value is -2.49. The van der Waals surface area contributed by atoms with Crippen molar-refractivity contribution in [2.75, 3.05) is 7.11 Å². The van der Waals surface area contributed by atoms with E-state index in [1.807, 2.05) is 45.9 Å². The van der Waals surface area contributed by atoms with Gasteiger partial charge in [-0.25, -0.2) is 0 Å². The molecule has 3 rings (SSSR count). The Bertz CT molecular complexity index is 826. The van der Waals surface area contributed by atoms with Crippen LogP contribution in [-0.4, -0.2) is 18.6 Å². The number of aryl methyl sites for hydroxylation is 2. The fourth-order valence-electron chi connectivity index (χ4n) is 3.50. The molecule has 0 aromatic heterocycles. The number of methoxy groups -OCH3 is 1. The molecule has 1 aliphatic rings. The lowest BCUT2D eigenvalue weighted by atomic mass is 9.89. The summed E-state index contributed by atoms with van der Waals surface area (Å²) in [6, 6.07) is 11.9. The third-order valence-corrected chi connectivity index (χ3v) is 4.87. The molecule has 0 fully saturated rings. The van der Waals surface area contributed by atoms with E-state index in [4.69, 9.17) is 9.47 Å². The highest BCUT2D eigenvalue weighted by molar-refractivity contribution is 5.79. The van der Waals surface area contributed by atoms with Crippen molar-refractivity contribution in [3.8, 4) is 11.5 Å². The van der Waals surface area contributed by atoms with Crippen molar-refractivity contribution in [2.45, 2.75) is 52.2 Å². The standard InChI is InChI=1S/C22H27NO3/c1-14-6-7-15(2)16(10-14)11-21(24)23-19-13-22(3,4)26-20-12-17(25-5)8-9-18(19)20/h6-10,12,19H,11,13H2,1-5H3,(H,23,24)/t19-/m0/s1. The number of amides is 1. The molecular weight excluding hydrogens is 326 g/mol. The number of carbonyl (C=O) groups excluding carboxylic acids is 1. The number of carbonyl (C=O) groups is 1. The van der Waals surface area contributed by atoms with E-state index in [0.29, 0.717) is 6.42 Å². The number of ether oxygens (including phenoxy) is 2. The zero-order valence-corrected chi connectivity index (χ0v) is 16.2. The Kier molecular flexibility index (Phi) is 4.94. The van der Waals surface area contributed by atoms with Crippen molar-refractivity contribution in [1.82, 2.24) is 5.32 Å². The molecule has 0 saturated heterocycles. The molecule has 1 amide bonds. The van der Waals surface area contributed by atoms with Gasteiger partial charge in [-0.2, -0.15) is 0 Å². The normalized spacial score (nSPS) is 17.8. The number of hydrogen-bond acceptors (Lipinski definition) is 3. The highest BCUT2D eigenvalue weighted by Crippen LogP contribution is 2.41. The van der Waals surface area contributed by atoms with Crippen molar-refractivity contribution in [2.24, 2.45) is 0 Å². The molecule has 0 unspecified atom stereocenters. The van der Waals surface area contributed by atoms with Gasteiger partial charge in [0.1, 0.15) is 17.1 Å². The van der Waals surface area contributed by atoms with E-state index >= 15 is 0 Å². The van der Waals surface area contributed by atoms with Crippen LogP contribution >= 0.6 is 0 Å². The van der Waals surface area contributed by atoms with E-state index in [1.165, 1.54) is 5.56 Å². The molecule has 4 heteroatoms. The lowest BCUT2D eigenvalue weighted by Gasteiger charge is -2.38. The number of hydrogen-bond donors (Lipinski definition) is 1. The van der Waals surface area contributed by atoms with E-state index in [0.717, 1.165) is 34.6 Å². The molecule has 26 heavy (non-hydrogen) atoms. The summed E-state index contributed by atoms with van der Waals surface area (Å²) in [5, 5.41) is 3.20. The molecule has 0 saturated carbocycles. The molecule has 0 bridgehead atoms. The van der Waals surface area contributed by atoms with Gasteiger partial charge >= 0.3 is 0 Å². The number of benzene rings is 2. The van der Waals surface area contributed by atoms with Gasteiger partial charge in [-0.05, 0) is 51.0 Å². The van der Waals surface area contributed by atoms with Gasteiger partial charge in [0.05, 0.1) is 19.6 Å². The number of fused-ring (bicyclic) bond motifs is 1. The van der Waals surface area contributed by atoms with E-state index in [9.17, 15) is 4.79 Å². The van der Waals surface area contributed by atoms with Crippen LogP contribution in [0.1, 0.15) is 48.6 Å². The molecule has 2 aromatic rings. The Morgan fingerprint density at radius 1 is 1.23 bits per heavy atom. The van der Waals surface area contributed by atoms with Crippen LogP contribution < -0.4 is 14.8 Å². The summed E-state index contributed by atoms with van der Waals surface area (Å²) in [7, 11) is 1.64. The van der Waals surface area contributed by atoms with E-state index in [-0.39, 0.29) is 17.6 Å². The Morgan fingerprint density at radius 2 is 2.00 bits per heavy atom. The van der Waals surface area contributed by atoms with Crippen molar-refractivity contribution < 1.29 is 14.3 Å². The Balaban J connectivity index is 1.81. The van der Waals surface area contributed by atoms with Gasteiger partial charge in [0.25, 0.3) is 0 Å². The average molecular weight is 353 g/mol. The predicted molar refractivity (Wildman–Crippen MR) is 103 cm³/mol. The molecule has 1 atom stereocenters. The summed E-state index contributed by atoms with van der Waals surface area (Å²) in [6.45, 7) is 8.17. The topological polar surface area (TPSA) is 47.6 Å². The second-order valence-electron chi connectivity index (χ2n) is 7.70. The molecule has 1 aliphatic heterocycles. The Labute approximate surface area is 155 Å². The monoisotopic (exact) mass is 353 g/mol. The Morgan fingerprint density at radius 3 is 2.73 bits per heavy atom. The van der Waals surface area contributed by atoms with Crippen LogP contribution in [-0.2, 0) is 11.2 Å². The molecule has 2 aromatic carbocycles. The van der Waals surface area contributed by atoms with Gasteiger partial charge in [-0.3, -0.25) is 4.79 Å². The van der Waals surface area contributed by atoms with Gasteiger partial charge in [0.2, 0.25) is 5.91 Å². The van der Waals surface area contributed by atoms with Gasteiger partial charge < -0.3 is 14.8 Å². The minimum atomic E-state index is -0.351. The lowest BCUT2D eigenvalue weighted by molar-refractivity contribution is -0.121. The molecule has 0 radical (unpaired) electrons. The van der Waals surface area contributed by atoms with Crippen LogP contribution in [0.3, 0.4) is 0 Å². The van der Waals surface area contributed by atoms with Crippen molar-refractivity contribution >= 4 is 5.91 Å². The summed E-state index contributed by atoms with van der Waals surface area (Å²) in [6.07, 6.45) is 1.11. The summed E-state index contributed by atoms with van der Waals surface area (Å²) in [5.41, 5.74) is 4.03. The van der Waals surface area contributed by atoms with E-state index in [1.54, 1.807) is 7.11 Å². The summed E-state index contributed by atoms with van der Waals surface area (Å²) in [5.74, 6) is 1.56. The lowest BCUT2D eigenvalue weighted by Crippen LogP contribution is -2.41. The summed E-state index contributed by atoms with van der Waals surface area (Å²) < 4.78 is 11.4. The second kappa shape index (κ2) is 7.02. The van der Waals surface area contributed by atoms with Crippen molar-refractivity contribution in [1.29, 1.82) is 0 Å². The van der Waals surface area contributed by atoms with Gasteiger partial charge in [0.15, 0.2) is 0 Å². The largest absolute Gasteiger partial charge is 0.497 e. The molecule has 4 nitrogen and oxygen atoms in total. The first-order chi connectivity index (χ1) is 12.3. The van der Waals surface area contributed by atoms with Gasteiger partial charge in [0, 0.05) is 18.1 Å². The maximum Gasteiger partial charge on any atom is 0.224 e. The summed E-state index contributed by atoms with van der Waals surface area (Å²) >= 11 is 0. The fraction of sp³-hybridized carbons (Fsp3) is 0.409. The first-order valence-electron chi connectivity index (χ1n) is 9.00. The zero-order valence-electron chi connectivity index (χ0n) is 16.2. The fourth-order valence-corrected chi connectivity index (χ4v) is 3.50. The average Bonchev–Trinajstić information content (AvgIpc) is 2.56. The van der Waals surface area contributed by atoms with Crippen molar-refractivity contribution in [3.05, 3.63) is 58.7 Å². The molecule has 1 heterocycles. The van der Waals surface area contributed by atoms with Gasteiger partial charge in [-0.15, -0.1) is 0 Å². The highest BCUT2D eigenvalue weighted by Gasteiger charge is 2.34. The van der Waals surface area contributed by atoms with Crippen LogP contribution in [0, 0.1) is 13.8 Å². The minimum Gasteiger partial charge on any atom is -0.497 e. The van der Waals surface area contributed by atoms with Crippen LogP contribution in [0.2, 0.25) is 0 Å². The maximum atomic E-state index is 12.7. The molecule has 1 N–H and O–H groups in total. The predicted octanol–water partition coefficient (Wildman–Crippen LogP) is 4.27. The number of rotatable bonds is 4. The smallest absolute Gasteiger partial charge is 0.224 e. The van der Waals surface area contributed by atoms with Crippen LogP contribution in [0.5, 0.6) is 11.5 Å². The van der Waals surface area contributed by atoms with Crippen LogP contribution in [0.15, 0.2) is 36.4 Å². The first-order valence-corrected chi connectivity index (χ1v) is 9.00. The van der Waals surface area contributed by atoms with E-state index in [2.05, 4.69) is 23.5 Å². The first kappa shape index (κ1) is 18.3. The quantitative estimate of drug-likeness (QED) is 0.893. The second-order valence-corrected chi connectivity index (χ2v) is 7.70. The zero-order chi connectivity index (χ0) is 18.9. The number of nitrogens with one attached hydrogen (secondary N) is 1. The van der Waals surface area contributed by atoms with E-state index < -0.39 is 0 Å². The van der Waals surface area contributed by atoms with Crippen LogP contribution in [0.25, 0.3) is 0 Å².